The summed E-state index contributed by atoms with van der Waals surface area (Å²) in [4.78, 5) is 68.1. The number of hydrogen-bond acceptors (Lipinski definition) is 10. The van der Waals surface area contributed by atoms with Crippen LogP contribution >= 0.6 is 0 Å². The number of hydrogen-bond donors (Lipinski definition) is 0. The minimum atomic E-state index is -1.01. The summed E-state index contributed by atoms with van der Waals surface area (Å²) in [6.07, 6.45) is 13.4. The van der Waals surface area contributed by atoms with E-state index in [9.17, 15) is 19.2 Å². The van der Waals surface area contributed by atoms with Crippen LogP contribution in [-0.2, 0) is 29.0 Å². The zero-order valence-corrected chi connectivity index (χ0v) is 33.4. The molecular weight excluding hydrogens is 709 g/mol. The Morgan fingerprint density at radius 2 is 0.906 bits per heavy atom. The van der Waals surface area contributed by atoms with Crippen molar-refractivity contribution in [2.24, 2.45) is 11.8 Å². The van der Waals surface area contributed by atoms with E-state index in [0.717, 1.165) is 68.2 Å². The third-order valence-electron chi connectivity index (χ3n) is 9.66. The average molecular weight is 761 g/mol. The Bertz CT molecular complexity index is 1420. The number of ether oxygens (including phenoxy) is 2. The van der Waals surface area contributed by atoms with Crippen LogP contribution in [0.5, 0.6) is 0 Å². The Morgan fingerprint density at radius 3 is 1.23 bits per heavy atom. The van der Waals surface area contributed by atoms with Crippen LogP contribution in [0.3, 0.4) is 0 Å². The molecule has 53 heavy (non-hydrogen) atoms. The van der Waals surface area contributed by atoms with Gasteiger partial charge in [0.25, 0.3) is 0 Å². The fourth-order valence-corrected chi connectivity index (χ4v) is 9.18. The zero-order chi connectivity index (χ0) is 38.0. The first kappa shape index (κ1) is 41.6. The highest BCUT2D eigenvalue weighted by Gasteiger charge is 2.30. The Labute approximate surface area is 318 Å². The monoisotopic (exact) mass is 760 g/mol. The first-order chi connectivity index (χ1) is 25.7. The highest BCUT2D eigenvalue weighted by Crippen LogP contribution is 2.37. The smallest absolute Gasteiger partial charge is 0.428 e. The van der Waals surface area contributed by atoms with E-state index >= 15 is 0 Å². The molecule has 0 amide bonds. The minimum Gasteiger partial charge on any atom is -0.428 e. The predicted molar refractivity (Wildman–Crippen MR) is 203 cm³/mol. The molecule has 0 unspecified atom stereocenters. The van der Waals surface area contributed by atoms with Gasteiger partial charge in [-0.15, -0.1) is 0 Å². The summed E-state index contributed by atoms with van der Waals surface area (Å²) in [6, 6.07) is 14.2. The molecule has 0 spiro atoms. The van der Waals surface area contributed by atoms with Crippen LogP contribution in [0.15, 0.2) is 71.1 Å². The van der Waals surface area contributed by atoms with E-state index < -0.39 is 24.2 Å². The lowest BCUT2D eigenvalue weighted by atomic mass is 9.76. The molecule has 12 heteroatoms. The largest absolute Gasteiger partial charge is 0.550 e. The summed E-state index contributed by atoms with van der Waals surface area (Å²) >= 11 is 0. The molecular formula is C41H52O10Si2. The van der Waals surface area contributed by atoms with Gasteiger partial charge >= 0.3 is 24.2 Å². The second-order valence-corrected chi connectivity index (χ2v) is 16.5. The van der Waals surface area contributed by atoms with Gasteiger partial charge in [0.05, 0.1) is 11.1 Å². The summed E-state index contributed by atoms with van der Waals surface area (Å²) in [5.41, 5.74) is 0.592. The quantitative estimate of drug-likeness (QED) is 0.0803. The molecule has 0 aliphatic heterocycles. The predicted octanol–water partition coefficient (Wildman–Crippen LogP) is 8.41. The minimum absolute atomic E-state index is 0.285. The van der Waals surface area contributed by atoms with Crippen LogP contribution in [0.4, 0.5) is 9.59 Å². The van der Waals surface area contributed by atoms with Crippen molar-refractivity contribution in [2.75, 3.05) is 0 Å². The molecule has 2 saturated carbocycles. The van der Waals surface area contributed by atoms with Crippen molar-refractivity contribution in [3.05, 3.63) is 82.2 Å². The van der Waals surface area contributed by atoms with Crippen molar-refractivity contribution in [2.45, 2.75) is 123 Å². The van der Waals surface area contributed by atoms with Crippen molar-refractivity contribution < 1.29 is 48.2 Å². The van der Waals surface area contributed by atoms with Gasteiger partial charge < -0.3 is 9.47 Å². The number of rotatable bonds is 14. The Hall–Kier alpha value is -4.17. The van der Waals surface area contributed by atoms with Gasteiger partial charge in [0.2, 0.25) is 0 Å². The third kappa shape index (κ3) is 14.3. The zero-order valence-electron chi connectivity index (χ0n) is 31.4. The van der Waals surface area contributed by atoms with Crippen molar-refractivity contribution in [1.82, 2.24) is 0 Å². The fraction of sp³-hybridized carbons (Fsp3) is 0.512. The Balaban J connectivity index is 1.06. The van der Waals surface area contributed by atoms with Crippen LogP contribution in [0, 0.1) is 11.8 Å². The van der Waals surface area contributed by atoms with Gasteiger partial charge in [-0.2, -0.15) is 9.59 Å². The maximum Gasteiger partial charge on any atom is 0.550 e. The van der Waals surface area contributed by atoms with Gasteiger partial charge in [-0.3, -0.25) is 0 Å². The first-order valence-corrected chi connectivity index (χ1v) is 21.0. The molecule has 2 aromatic carbocycles. The number of benzene rings is 2. The maximum atomic E-state index is 12.4. The summed E-state index contributed by atoms with van der Waals surface area (Å²) in [6.45, 7) is 8.50. The average Bonchev–Trinajstić information content (AvgIpc) is 3.17. The van der Waals surface area contributed by atoms with Crippen LogP contribution in [0.1, 0.15) is 132 Å². The lowest BCUT2D eigenvalue weighted by Gasteiger charge is -2.33. The summed E-state index contributed by atoms with van der Waals surface area (Å²) in [5.74, 6) is -0.472. The fourth-order valence-electron chi connectivity index (χ4n) is 6.80. The van der Waals surface area contributed by atoms with Crippen molar-refractivity contribution in [3.63, 3.8) is 0 Å². The van der Waals surface area contributed by atoms with E-state index in [1.807, 2.05) is 24.3 Å². The summed E-state index contributed by atoms with van der Waals surface area (Å²) in [5, 5.41) is 5.00. The van der Waals surface area contributed by atoms with E-state index in [1.165, 1.54) is 10.4 Å². The molecule has 4 rings (SSSR count). The van der Waals surface area contributed by atoms with Crippen LogP contribution in [0.25, 0.3) is 0 Å². The summed E-state index contributed by atoms with van der Waals surface area (Å²) in [7, 11) is 1.10. The molecule has 4 radical (unpaired) electrons. The van der Waals surface area contributed by atoms with E-state index in [2.05, 4.69) is 49.6 Å². The molecule has 0 bridgehead atoms. The van der Waals surface area contributed by atoms with Crippen LogP contribution < -0.4 is 10.4 Å². The maximum absolute atomic E-state index is 12.4. The Kier molecular flexibility index (Phi) is 17.4. The molecule has 2 fully saturated rings. The molecule has 0 N–H and O–H groups in total. The number of carbonyl (C=O) groups excluding carboxylic acids is 4. The number of allylic oxidation sites excluding steroid dienone is 4. The lowest BCUT2D eigenvalue weighted by Crippen LogP contribution is -2.28. The van der Waals surface area contributed by atoms with Gasteiger partial charge in [-0.05, 0) is 120 Å². The van der Waals surface area contributed by atoms with E-state index in [1.54, 1.807) is 24.3 Å². The van der Waals surface area contributed by atoms with Gasteiger partial charge in [-0.1, -0.05) is 84.9 Å². The molecule has 0 heterocycles. The first-order valence-electron chi connectivity index (χ1n) is 19.0. The van der Waals surface area contributed by atoms with Crippen molar-refractivity contribution >= 4 is 53.7 Å². The molecule has 0 aromatic heterocycles. The highest BCUT2D eigenvalue weighted by atomic mass is 28.2. The summed E-state index contributed by atoms with van der Waals surface area (Å²) < 4.78 is 10.8. The molecule has 10 nitrogen and oxygen atoms in total. The van der Waals surface area contributed by atoms with E-state index in [-0.39, 0.29) is 12.2 Å². The molecule has 284 valence electrons. The van der Waals surface area contributed by atoms with Gasteiger partial charge in [0.1, 0.15) is 31.2 Å². The lowest BCUT2D eigenvalue weighted by molar-refractivity contribution is -0.208. The third-order valence-corrected chi connectivity index (χ3v) is 12.7. The molecule has 2 aliphatic rings. The molecule has 2 aliphatic carbocycles. The topological polar surface area (TPSA) is 124 Å². The van der Waals surface area contributed by atoms with Gasteiger partial charge in [0.15, 0.2) is 0 Å². The van der Waals surface area contributed by atoms with E-state index in [0.29, 0.717) is 67.7 Å². The second kappa shape index (κ2) is 22.1. The number of carbonyl (C=O) groups is 4. The highest BCUT2D eigenvalue weighted by molar-refractivity contribution is 6.61. The second-order valence-electron chi connectivity index (χ2n) is 13.6. The molecule has 0 atom stereocenters. The SMILES string of the molecule is CC/C=C(\CC)[Si]c1ccc(C(=O)OOC(=O)OC2CCC(CC3CCC(OC(=O)OOC(=O)c4ccc([Si]/C(=C/CC)CC)cc4)CC3)CC2)cc1. The van der Waals surface area contributed by atoms with Crippen LogP contribution in [0.2, 0.25) is 0 Å². The van der Waals surface area contributed by atoms with Gasteiger partial charge in [-0.25, -0.2) is 29.1 Å². The van der Waals surface area contributed by atoms with Crippen molar-refractivity contribution in [3.8, 4) is 0 Å². The standard InChI is InChI=1S/C41H52O10Si2/c1-5-9-34(7-3)52-36-23-15-30(16-24-36)38(42)48-50-40(44)46-32-19-11-28(12-20-32)27-29-13-21-33(22-14-29)47-41(45)51-49-39(43)31-17-25-37(26-18-31)53-35(8-4)10-6-2/h9-10,15-18,23-26,28-29,32-33H,5-8,11-14,19-22,27H2,1-4H3/b34-9+,35-10+. The Morgan fingerprint density at radius 1 is 0.547 bits per heavy atom. The normalized spacial score (nSPS) is 20.5. The van der Waals surface area contributed by atoms with E-state index in [4.69, 9.17) is 19.2 Å². The van der Waals surface area contributed by atoms with Gasteiger partial charge in [0, 0.05) is 0 Å². The van der Waals surface area contributed by atoms with Crippen LogP contribution in [-0.4, -0.2) is 55.5 Å². The molecule has 2 aromatic rings. The van der Waals surface area contributed by atoms with Crippen molar-refractivity contribution in [1.29, 1.82) is 0 Å². The molecule has 0 saturated heterocycles.